The molecule has 8 heteroatoms. The molecule has 2 aromatic rings. The van der Waals surface area contributed by atoms with Gasteiger partial charge in [-0.1, -0.05) is 31.2 Å². The molecule has 1 heterocycles. The van der Waals surface area contributed by atoms with E-state index in [0.717, 1.165) is 18.7 Å². The third kappa shape index (κ3) is 3.92. The fraction of sp³-hybridized carbons (Fsp3) is 0.294. The predicted octanol–water partition coefficient (Wildman–Crippen LogP) is 1.56. The minimum absolute atomic E-state index is 0.0153. The predicted molar refractivity (Wildman–Crippen MR) is 95.2 cm³/mol. The van der Waals surface area contributed by atoms with Crippen LogP contribution in [0.5, 0.6) is 0 Å². The molecule has 0 saturated carbocycles. The maximum absolute atomic E-state index is 12.5. The normalized spacial score (nSPS) is 14.4. The second kappa shape index (κ2) is 6.87. The molecular formula is C17H20N2O4S2. The lowest BCUT2D eigenvalue weighted by Gasteiger charge is -2.09. The second-order valence-electron chi connectivity index (χ2n) is 5.91. The van der Waals surface area contributed by atoms with Crippen molar-refractivity contribution in [2.24, 2.45) is 0 Å². The van der Waals surface area contributed by atoms with Crippen molar-refractivity contribution in [2.45, 2.75) is 36.3 Å². The molecule has 0 radical (unpaired) electrons. The number of sulfonamides is 1. The molecule has 1 aliphatic rings. The molecule has 25 heavy (non-hydrogen) atoms. The molecule has 0 saturated heterocycles. The topological polar surface area (TPSA) is 92.3 Å². The standard InChI is InChI=1S/C17H20N2O4S2/c1-2-24(20,21)16-4-3-5-17(9-16)25(22,23)19-10-13-6-7-14-11-18-12-15(14)8-13/h3-9,18-19H,2,10-12H2,1H3. The Hall–Kier alpha value is -1.74. The van der Waals surface area contributed by atoms with E-state index in [1.165, 1.54) is 42.3 Å². The molecule has 0 aromatic heterocycles. The van der Waals surface area contributed by atoms with Gasteiger partial charge in [0, 0.05) is 19.6 Å². The van der Waals surface area contributed by atoms with Crippen LogP contribution in [0.4, 0.5) is 0 Å². The van der Waals surface area contributed by atoms with Gasteiger partial charge in [-0.15, -0.1) is 0 Å². The summed E-state index contributed by atoms with van der Waals surface area (Å²) in [5, 5.41) is 3.24. The van der Waals surface area contributed by atoms with Crippen LogP contribution in [0.15, 0.2) is 52.3 Å². The summed E-state index contributed by atoms with van der Waals surface area (Å²) in [5.41, 5.74) is 3.26. The van der Waals surface area contributed by atoms with Gasteiger partial charge in [0.1, 0.15) is 0 Å². The highest BCUT2D eigenvalue weighted by atomic mass is 32.2. The molecule has 0 amide bonds. The Morgan fingerprint density at radius 2 is 1.68 bits per heavy atom. The lowest BCUT2D eigenvalue weighted by atomic mass is 10.1. The summed E-state index contributed by atoms with van der Waals surface area (Å²) < 4.78 is 51.4. The lowest BCUT2D eigenvalue weighted by molar-refractivity contribution is 0.581. The average molecular weight is 380 g/mol. The van der Waals surface area contributed by atoms with Gasteiger partial charge in [0.2, 0.25) is 10.0 Å². The van der Waals surface area contributed by atoms with Gasteiger partial charge >= 0.3 is 0 Å². The van der Waals surface area contributed by atoms with Crippen LogP contribution in [-0.4, -0.2) is 22.6 Å². The summed E-state index contributed by atoms with van der Waals surface area (Å²) in [6.45, 7) is 3.30. The van der Waals surface area contributed by atoms with Crippen molar-refractivity contribution in [2.75, 3.05) is 5.75 Å². The first-order valence-corrected chi connectivity index (χ1v) is 11.1. The summed E-state index contributed by atoms with van der Waals surface area (Å²) >= 11 is 0. The van der Waals surface area contributed by atoms with E-state index in [9.17, 15) is 16.8 Å². The number of benzene rings is 2. The van der Waals surface area contributed by atoms with Crippen molar-refractivity contribution < 1.29 is 16.8 Å². The fourth-order valence-electron chi connectivity index (χ4n) is 2.72. The molecule has 0 aliphatic carbocycles. The first-order chi connectivity index (χ1) is 11.8. The lowest BCUT2D eigenvalue weighted by Crippen LogP contribution is -2.23. The summed E-state index contributed by atoms with van der Waals surface area (Å²) in [6, 6.07) is 11.3. The SMILES string of the molecule is CCS(=O)(=O)c1cccc(S(=O)(=O)NCc2ccc3c(c2)CNC3)c1. The molecule has 2 aromatic carbocycles. The zero-order valence-corrected chi connectivity index (χ0v) is 15.5. The van der Waals surface area contributed by atoms with Crippen LogP contribution in [0.2, 0.25) is 0 Å². The maximum atomic E-state index is 12.5. The molecule has 0 unspecified atom stereocenters. The van der Waals surface area contributed by atoms with Gasteiger partial charge in [-0.2, -0.15) is 0 Å². The van der Waals surface area contributed by atoms with Crippen LogP contribution in [0.1, 0.15) is 23.6 Å². The largest absolute Gasteiger partial charge is 0.309 e. The van der Waals surface area contributed by atoms with Crippen LogP contribution in [0, 0.1) is 0 Å². The molecule has 3 rings (SSSR count). The number of nitrogens with one attached hydrogen (secondary N) is 2. The molecular weight excluding hydrogens is 360 g/mol. The molecule has 0 atom stereocenters. The summed E-state index contributed by atoms with van der Waals surface area (Å²) in [7, 11) is -7.25. The zero-order chi connectivity index (χ0) is 18.1. The Morgan fingerprint density at radius 1 is 0.960 bits per heavy atom. The highest BCUT2D eigenvalue weighted by Gasteiger charge is 2.19. The van der Waals surface area contributed by atoms with Gasteiger partial charge in [-0.25, -0.2) is 21.6 Å². The van der Waals surface area contributed by atoms with E-state index in [1.807, 2.05) is 18.2 Å². The van der Waals surface area contributed by atoms with Crippen LogP contribution in [0.25, 0.3) is 0 Å². The maximum Gasteiger partial charge on any atom is 0.240 e. The van der Waals surface area contributed by atoms with Crippen LogP contribution < -0.4 is 10.0 Å². The minimum atomic E-state index is -3.79. The van der Waals surface area contributed by atoms with E-state index in [4.69, 9.17) is 0 Å². The number of hydrogen-bond acceptors (Lipinski definition) is 5. The number of hydrogen-bond donors (Lipinski definition) is 2. The van der Waals surface area contributed by atoms with Crippen molar-refractivity contribution in [3.63, 3.8) is 0 Å². The fourth-order valence-corrected chi connectivity index (χ4v) is 4.78. The molecule has 134 valence electrons. The van der Waals surface area contributed by atoms with Gasteiger partial charge < -0.3 is 5.32 Å². The van der Waals surface area contributed by atoms with Crippen molar-refractivity contribution in [3.8, 4) is 0 Å². The molecule has 1 aliphatic heterocycles. The van der Waals surface area contributed by atoms with E-state index in [1.54, 1.807) is 0 Å². The van der Waals surface area contributed by atoms with E-state index in [2.05, 4.69) is 10.0 Å². The molecule has 0 bridgehead atoms. The third-order valence-electron chi connectivity index (χ3n) is 4.22. The number of fused-ring (bicyclic) bond motifs is 1. The third-order valence-corrected chi connectivity index (χ3v) is 7.35. The van der Waals surface area contributed by atoms with E-state index < -0.39 is 19.9 Å². The Balaban J connectivity index is 1.79. The van der Waals surface area contributed by atoms with Gasteiger partial charge in [0.05, 0.1) is 15.5 Å². The van der Waals surface area contributed by atoms with Crippen molar-refractivity contribution in [1.29, 1.82) is 0 Å². The monoisotopic (exact) mass is 380 g/mol. The number of rotatable bonds is 6. The van der Waals surface area contributed by atoms with Crippen LogP contribution in [-0.2, 0) is 39.5 Å². The van der Waals surface area contributed by atoms with Crippen molar-refractivity contribution >= 4 is 19.9 Å². The van der Waals surface area contributed by atoms with Crippen molar-refractivity contribution in [1.82, 2.24) is 10.0 Å². The quantitative estimate of drug-likeness (QED) is 0.793. The zero-order valence-electron chi connectivity index (χ0n) is 13.8. The minimum Gasteiger partial charge on any atom is -0.309 e. The second-order valence-corrected chi connectivity index (χ2v) is 9.95. The van der Waals surface area contributed by atoms with E-state index in [0.29, 0.717) is 0 Å². The molecule has 0 spiro atoms. The molecule has 2 N–H and O–H groups in total. The Morgan fingerprint density at radius 3 is 2.44 bits per heavy atom. The van der Waals surface area contributed by atoms with E-state index in [-0.39, 0.29) is 22.1 Å². The summed E-state index contributed by atoms with van der Waals surface area (Å²) in [6.07, 6.45) is 0. The Kier molecular flexibility index (Phi) is 4.97. The first-order valence-electron chi connectivity index (χ1n) is 7.96. The molecule has 6 nitrogen and oxygen atoms in total. The van der Waals surface area contributed by atoms with Crippen LogP contribution >= 0.6 is 0 Å². The van der Waals surface area contributed by atoms with E-state index >= 15 is 0 Å². The summed E-state index contributed by atoms with van der Waals surface area (Å²) in [4.78, 5) is -0.0358. The Bertz CT molecular complexity index is 999. The average Bonchev–Trinajstić information content (AvgIpc) is 3.08. The number of sulfone groups is 1. The van der Waals surface area contributed by atoms with Gasteiger partial charge in [-0.3, -0.25) is 0 Å². The molecule has 0 fully saturated rings. The summed E-state index contributed by atoms with van der Waals surface area (Å²) in [5.74, 6) is -0.0763. The van der Waals surface area contributed by atoms with Crippen LogP contribution in [0.3, 0.4) is 0 Å². The highest BCUT2D eigenvalue weighted by Crippen LogP contribution is 2.19. The highest BCUT2D eigenvalue weighted by molar-refractivity contribution is 7.91. The smallest absolute Gasteiger partial charge is 0.240 e. The van der Waals surface area contributed by atoms with Crippen molar-refractivity contribution in [3.05, 3.63) is 59.2 Å². The first kappa shape index (κ1) is 18.1. The van der Waals surface area contributed by atoms with Gasteiger partial charge in [0.15, 0.2) is 9.84 Å². The van der Waals surface area contributed by atoms with Gasteiger partial charge in [0.25, 0.3) is 0 Å². The Labute approximate surface area is 148 Å². The van der Waals surface area contributed by atoms with Gasteiger partial charge in [-0.05, 0) is 34.9 Å².